The Kier molecular flexibility index (Phi) is 8.05. The molecule has 38 heavy (non-hydrogen) atoms. The van der Waals surface area contributed by atoms with Crippen LogP contribution in [0.2, 0.25) is 0 Å². The molecule has 1 aliphatic heterocycles. The van der Waals surface area contributed by atoms with Crippen LogP contribution >= 0.6 is 11.3 Å². The Balaban J connectivity index is 1.50. The first-order valence-electron chi connectivity index (χ1n) is 13.4. The van der Waals surface area contributed by atoms with Gasteiger partial charge in [0.2, 0.25) is 5.91 Å². The Morgan fingerprint density at radius 3 is 2.24 bits per heavy atom. The van der Waals surface area contributed by atoms with Crippen LogP contribution in [0.5, 0.6) is 5.75 Å². The van der Waals surface area contributed by atoms with Gasteiger partial charge in [0.1, 0.15) is 17.3 Å². The van der Waals surface area contributed by atoms with Gasteiger partial charge in [-0.3, -0.25) is 4.79 Å². The van der Waals surface area contributed by atoms with Gasteiger partial charge in [-0.25, -0.2) is 9.97 Å². The molecule has 1 fully saturated rings. The number of amides is 1. The largest absolute Gasteiger partial charge is 0.496 e. The fourth-order valence-corrected chi connectivity index (χ4v) is 6.10. The molecule has 0 spiro atoms. The summed E-state index contributed by atoms with van der Waals surface area (Å²) in [5, 5.41) is 12.8. The lowest BCUT2D eigenvalue weighted by Gasteiger charge is -2.31. The van der Waals surface area contributed by atoms with E-state index in [1.54, 1.807) is 29.3 Å². The van der Waals surface area contributed by atoms with E-state index in [1.165, 1.54) is 11.1 Å². The monoisotopic (exact) mass is 538 g/mol. The van der Waals surface area contributed by atoms with E-state index in [-0.39, 0.29) is 29.9 Å². The first kappa shape index (κ1) is 28.3. The maximum atomic E-state index is 12.9. The van der Waals surface area contributed by atoms with Crippen LogP contribution in [-0.4, -0.2) is 50.6 Å². The first-order valence-corrected chi connectivity index (χ1v) is 14.3. The van der Waals surface area contributed by atoms with Crippen molar-refractivity contribution in [3.8, 4) is 16.3 Å². The number of aromatic nitrogens is 3. The van der Waals surface area contributed by atoms with Crippen LogP contribution < -0.4 is 4.74 Å². The third-order valence-electron chi connectivity index (χ3n) is 7.55. The number of likely N-dealkylation sites (tertiary alicyclic amines) is 1. The van der Waals surface area contributed by atoms with Crippen LogP contribution in [-0.2, 0) is 28.8 Å². The molecule has 0 aliphatic carbocycles. The van der Waals surface area contributed by atoms with Gasteiger partial charge in [-0.1, -0.05) is 41.5 Å². The predicted molar refractivity (Wildman–Crippen MR) is 153 cm³/mol. The third-order valence-corrected chi connectivity index (χ3v) is 8.46. The van der Waals surface area contributed by atoms with E-state index < -0.39 is 0 Å². The standard InChI is InChI=1S/C30H42N4O3S/c1-19-25(16-35)34(18-31-19)15-26(36)33-11-9-20(10-12-33)24-17-38-28(32-24)21-13-22(29(2,3)4)27(37-8)23(14-21)30(5,6)7/h13-14,17-18,20,35H,9-12,15-16H2,1-8H3. The molecule has 1 amide bonds. The lowest BCUT2D eigenvalue weighted by Crippen LogP contribution is -2.40. The van der Waals surface area contributed by atoms with Crippen molar-refractivity contribution in [2.24, 2.45) is 0 Å². The highest BCUT2D eigenvalue weighted by Crippen LogP contribution is 2.43. The SMILES string of the molecule is COc1c(C(C)(C)C)cc(-c2nc(C3CCN(C(=O)Cn4cnc(C)c4CO)CC3)cs2)cc1C(C)(C)C. The van der Waals surface area contributed by atoms with Crippen molar-refractivity contribution in [1.82, 2.24) is 19.4 Å². The van der Waals surface area contributed by atoms with Crippen molar-refractivity contribution in [1.29, 1.82) is 0 Å². The summed E-state index contributed by atoms with van der Waals surface area (Å²) in [6, 6.07) is 4.49. The number of hydrogen-bond donors (Lipinski definition) is 1. The van der Waals surface area contributed by atoms with Gasteiger partial charge in [0.05, 0.1) is 37.1 Å². The van der Waals surface area contributed by atoms with Gasteiger partial charge in [0.25, 0.3) is 0 Å². The highest BCUT2D eigenvalue weighted by atomic mass is 32.1. The Bertz CT molecular complexity index is 1250. The summed E-state index contributed by atoms with van der Waals surface area (Å²) >= 11 is 1.70. The fraction of sp³-hybridized carbons (Fsp3) is 0.567. The first-order chi connectivity index (χ1) is 17.8. The molecular formula is C30H42N4O3S. The minimum Gasteiger partial charge on any atom is -0.496 e. The van der Waals surface area contributed by atoms with Crippen LogP contribution in [0.25, 0.3) is 10.6 Å². The second-order valence-electron chi connectivity index (χ2n) is 12.4. The Morgan fingerprint density at radius 2 is 1.71 bits per heavy atom. The molecule has 1 saturated heterocycles. The molecule has 7 nitrogen and oxygen atoms in total. The van der Waals surface area contributed by atoms with E-state index in [0.29, 0.717) is 24.7 Å². The van der Waals surface area contributed by atoms with Gasteiger partial charge >= 0.3 is 0 Å². The molecule has 1 N–H and O–H groups in total. The van der Waals surface area contributed by atoms with Crippen molar-refractivity contribution in [2.75, 3.05) is 20.2 Å². The highest BCUT2D eigenvalue weighted by Gasteiger charge is 2.29. The molecule has 1 aliphatic rings. The minimum absolute atomic E-state index is 0.0613. The fourth-order valence-electron chi connectivity index (χ4n) is 5.21. The number of imidazole rings is 1. The zero-order valence-electron chi connectivity index (χ0n) is 24.1. The van der Waals surface area contributed by atoms with E-state index >= 15 is 0 Å². The molecule has 0 unspecified atom stereocenters. The quantitative estimate of drug-likeness (QED) is 0.428. The second kappa shape index (κ2) is 10.8. The van der Waals surface area contributed by atoms with Gasteiger partial charge in [0.15, 0.2) is 0 Å². The molecule has 0 bridgehead atoms. The lowest BCUT2D eigenvalue weighted by atomic mass is 9.78. The van der Waals surface area contributed by atoms with E-state index in [0.717, 1.165) is 40.6 Å². The Morgan fingerprint density at radius 1 is 1.11 bits per heavy atom. The number of benzene rings is 1. The molecular weight excluding hydrogens is 496 g/mol. The molecule has 206 valence electrons. The van der Waals surface area contributed by atoms with Crippen molar-refractivity contribution in [3.05, 3.63) is 52.0 Å². The Labute approximate surface area is 230 Å². The molecule has 3 heterocycles. The summed E-state index contributed by atoms with van der Waals surface area (Å²) in [5.41, 5.74) is 6.00. The molecule has 1 aromatic carbocycles. The van der Waals surface area contributed by atoms with Gasteiger partial charge in [-0.05, 0) is 42.7 Å². The molecule has 0 saturated carbocycles. The van der Waals surface area contributed by atoms with Crippen LogP contribution in [0.15, 0.2) is 23.8 Å². The molecule has 0 atom stereocenters. The minimum atomic E-state index is -0.115. The van der Waals surface area contributed by atoms with Crippen LogP contribution in [0.3, 0.4) is 0 Å². The number of hydrogen-bond acceptors (Lipinski definition) is 6. The maximum absolute atomic E-state index is 12.9. The number of carbonyl (C=O) groups is 1. The normalized spacial score (nSPS) is 15.2. The number of aliphatic hydroxyl groups excluding tert-OH is 1. The highest BCUT2D eigenvalue weighted by molar-refractivity contribution is 7.13. The summed E-state index contributed by atoms with van der Waals surface area (Å²) in [4.78, 5) is 24.2. The summed E-state index contributed by atoms with van der Waals surface area (Å²) in [6.07, 6.45) is 3.43. The number of rotatable bonds is 6. The molecule has 2 aromatic heterocycles. The average molecular weight is 539 g/mol. The predicted octanol–water partition coefficient (Wildman–Crippen LogP) is 5.82. The van der Waals surface area contributed by atoms with Gasteiger partial charge in [-0.2, -0.15) is 0 Å². The smallest absolute Gasteiger partial charge is 0.242 e. The van der Waals surface area contributed by atoms with Crippen LogP contribution in [0, 0.1) is 6.92 Å². The van der Waals surface area contributed by atoms with Crippen molar-refractivity contribution < 1.29 is 14.6 Å². The number of piperidine rings is 1. The van der Waals surface area contributed by atoms with Crippen LogP contribution in [0.4, 0.5) is 0 Å². The third kappa shape index (κ3) is 5.81. The summed E-state index contributed by atoms with van der Waals surface area (Å²) in [6.45, 7) is 16.7. The van der Waals surface area contributed by atoms with Crippen LogP contribution in [0.1, 0.15) is 88.5 Å². The number of thiazole rings is 1. The number of aliphatic hydroxyl groups is 1. The number of ether oxygens (including phenoxy) is 1. The van der Waals surface area contributed by atoms with Gasteiger partial charge in [-0.15, -0.1) is 11.3 Å². The lowest BCUT2D eigenvalue weighted by molar-refractivity contribution is -0.133. The molecule has 3 aromatic rings. The van der Waals surface area contributed by atoms with Gasteiger partial charge in [0, 0.05) is 41.1 Å². The number of nitrogens with zero attached hydrogens (tertiary/aromatic N) is 4. The molecule has 8 heteroatoms. The summed E-state index contributed by atoms with van der Waals surface area (Å²) < 4.78 is 7.69. The van der Waals surface area contributed by atoms with Crippen molar-refractivity contribution in [3.63, 3.8) is 0 Å². The second-order valence-corrected chi connectivity index (χ2v) is 13.3. The number of aryl methyl sites for hydroxylation is 1. The average Bonchev–Trinajstić information content (AvgIpc) is 3.49. The summed E-state index contributed by atoms with van der Waals surface area (Å²) in [5.74, 6) is 1.38. The zero-order chi connectivity index (χ0) is 27.8. The maximum Gasteiger partial charge on any atom is 0.242 e. The van der Waals surface area contributed by atoms with Gasteiger partial charge < -0.3 is 19.3 Å². The number of carbonyl (C=O) groups excluding carboxylic acids is 1. The summed E-state index contributed by atoms with van der Waals surface area (Å²) in [7, 11) is 1.76. The van der Waals surface area contributed by atoms with Crippen molar-refractivity contribution in [2.45, 2.75) is 91.2 Å². The van der Waals surface area contributed by atoms with E-state index in [1.807, 2.05) is 11.8 Å². The van der Waals surface area contributed by atoms with Crippen molar-refractivity contribution >= 4 is 17.2 Å². The molecule has 0 radical (unpaired) electrons. The van der Waals surface area contributed by atoms with E-state index in [4.69, 9.17) is 9.72 Å². The van der Waals surface area contributed by atoms with E-state index in [9.17, 15) is 9.90 Å². The zero-order valence-corrected chi connectivity index (χ0v) is 24.9. The number of methoxy groups -OCH3 is 1. The van der Waals surface area contributed by atoms with E-state index in [2.05, 4.69) is 64.0 Å². The molecule has 4 rings (SSSR count). The topological polar surface area (TPSA) is 80.5 Å². The Hall–Kier alpha value is -2.71.